The zero-order valence-electron chi connectivity index (χ0n) is 13.3. The number of hydrogen-bond donors (Lipinski definition) is 0. The molecule has 116 valence electrons. The van der Waals surface area contributed by atoms with Crippen molar-refractivity contribution in [2.24, 2.45) is 28.6 Å². The van der Waals surface area contributed by atoms with Crippen LogP contribution >= 0.6 is 11.6 Å². The molecule has 0 aromatic carbocycles. The van der Waals surface area contributed by atoms with E-state index in [0.29, 0.717) is 22.0 Å². The molecule has 3 saturated carbocycles. The van der Waals surface area contributed by atoms with Crippen molar-refractivity contribution in [2.45, 2.75) is 70.6 Å². The Hall–Kier alpha value is -0.300. The maximum absolute atomic E-state index is 11.8. The molecule has 0 aromatic rings. The summed E-state index contributed by atoms with van der Waals surface area (Å²) in [5.74, 6) is 2.84. The lowest BCUT2D eigenvalue weighted by molar-refractivity contribution is -0.117. The van der Waals surface area contributed by atoms with Gasteiger partial charge in [-0.15, -0.1) is 11.6 Å². The third kappa shape index (κ3) is 1.85. The summed E-state index contributed by atoms with van der Waals surface area (Å²) in [5.41, 5.74) is 2.16. The van der Waals surface area contributed by atoms with Gasteiger partial charge in [-0.2, -0.15) is 0 Å². The molecule has 0 N–H and O–H groups in total. The van der Waals surface area contributed by atoms with Crippen LogP contribution < -0.4 is 0 Å². The van der Waals surface area contributed by atoms with Crippen LogP contribution in [0.1, 0.15) is 65.2 Å². The maximum Gasteiger partial charge on any atom is 0.155 e. The molecule has 0 spiro atoms. The monoisotopic (exact) mass is 306 g/mol. The van der Waals surface area contributed by atoms with Crippen molar-refractivity contribution in [3.63, 3.8) is 0 Å². The van der Waals surface area contributed by atoms with Crippen LogP contribution in [0.15, 0.2) is 11.6 Å². The van der Waals surface area contributed by atoms with Crippen molar-refractivity contribution in [1.82, 2.24) is 0 Å². The molecule has 6 atom stereocenters. The van der Waals surface area contributed by atoms with E-state index in [0.717, 1.165) is 37.0 Å². The van der Waals surface area contributed by atoms with Crippen LogP contribution in [0.3, 0.4) is 0 Å². The number of carbonyl (C=O) groups excluding carboxylic acids is 1. The third-order valence-corrected chi connectivity index (χ3v) is 8.56. The number of alkyl halides is 1. The summed E-state index contributed by atoms with van der Waals surface area (Å²) >= 11 is 6.69. The summed E-state index contributed by atoms with van der Waals surface area (Å²) in [6, 6.07) is 0. The van der Waals surface area contributed by atoms with Gasteiger partial charge < -0.3 is 0 Å². The summed E-state index contributed by atoms with van der Waals surface area (Å²) in [6.07, 6.45) is 11.5. The fourth-order valence-electron chi connectivity index (χ4n) is 6.50. The molecule has 0 bridgehead atoms. The predicted octanol–water partition coefficient (Wildman–Crippen LogP) is 5.13. The molecule has 0 unspecified atom stereocenters. The molecule has 0 aliphatic heterocycles. The maximum atomic E-state index is 11.8. The van der Waals surface area contributed by atoms with Crippen LogP contribution in [-0.2, 0) is 4.79 Å². The highest BCUT2D eigenvalue weighted by molar-refractivity contribution is 6.21. The largest absolute Gasteiger partial charge is 0.295 e. The predicted molar refractivity (Wildman–Crippen MR) is 86.4 cm³/mol. The number of carbonyl (C=O) groups is 1. The second kappa shape index (κ2) is 4.60. The van der Waals surface area contributed by atoms with Gasteiger partial charge in [-0.1, -0.05) is 19.4 Å². The van der Waals surface area contributed by atoms with E-state index in [2.05, 4.69) is 13.8 Å². The summed E-state index contributed by atoms with van der Waals surface area (Å²) in [7, 11) is 0. The lowest BCUT2D eigenvalue weighted by Crippen LogP contribution is -2.50. The number of halogens is 1. The van der Waals surface area contributed by atoms with E-state index >= 15 is 0 Å². The average Bonchev–Trinajstić information content (AvgIpc) is 2.76. The highest BCUT2D eigenvalue weighted by Crippen LogP contribution is 2.65. The van der Waals surface area contributed by atoms with Crippen LogP contribution in [0.5, 0.6) is 0 Å². The Morgan fingerprint density at radius 1 is 1.05 bits per heavy atom. The van der Waals surface area contributed by atoms with Gasteiger partial charge >= 0.3 is 0 Å². The Balaban J connectivity index is 1.69. The molecule has 3 fully saturated rings. The van der Waals surface area contributed by atoms with E-state index in [4.69, 9.17) is 11.6 Å². The highest BCUT2D eigenvalue weighted by Gasteiger charge is 2.58. The quantitative estimate of drug-likeness (QED) is 0.567. The lowest BCUT2D eigenvalue weighted by Gasteiger charge is -2.57. The minimum atomic E-state index is 0.308. The summed E-state index contributed by atoms with van der Waals surface area (Å²) in [5, 5.41) is 0.390. The van der Waals surface area contributed by atoms with Crippen molar-refractivity contribution in [1.29, 1.82) is 0 Å². The standard InChI is InChI=1S/C19H27ClO/c1-18-9-7-13(21)11-12(18)3-4-14-15-5-6-17(20)19(15,2)10-8-16(14)18/h11,14-17H,3-10H2,1-2H3/t14-,15-,16-,17+,18-,19-/m0/s1. The van der Waals surface area contributed by atoms with E-state index in [-0.39, 0.29) is 0 Å². The van der Waals surface area contributed by atoms with Crippen LogP contribution in [0.2, 0.25) is 0 Å². The van der Waals surface area contributed by atoms with Gasteiger partial charge in [0.2, 0.25) is 0 Å². The van der Waals surface area contributed by atoms with E-state index < -0.39 is 0 Å². The Kier molecular flexibility index (Phi) is 3.13. The van der Waals surface area contributed by atoms with Crippen LogP contribution in [-0.4, -0.2) is 11.2 Å². The molecular formula is C19H27ClO. The van der Waals surface area contributed by atoms with Gasteiger partial charge in [0.1, 0.15) is 0 Å². The normalized spacial score (nSPS) is 52.7. The smallest absolute Gasteiger partial charge is 0.155 e. The van der Waals surface area contributed by atoms with Gasteiger partial charge in [0.15, 0.2) is 5.78 Å². The molecule has 4 aliphatic carbocycles. The Bertz CT molecular complexity index is 510. The zero-order chi connectivity index (χ0) is 14.8. The first-order chi connectivity index (χ1) is 9.95. The lowest BCUT2D eigenvalue weighted by atomic mass is 9.47. The molecule has 0 amide bonds. The van der Waals surface area contributed by atoms with E-state index in [1.54, 1.807) is 0 Å². The molecule has 0 heterocycles. The highest BCUT2D eigenvalue weighted by atomic mass is 35.5. The van der Waals surface area contributed by atoms with Gasteiger partial charge in [0.05, 0.1) is 0 Å². The molecule has 1 nitrogen and oxygen atoms in total. The van der Waals surface area contributed by atoms with Crippen molar-refractivity contribution >= 4 is 17.4 Å². The van der Waals surface area contributed by atoms with Crippen molar-refractivity contribution in [3.05, 3.63) is 11.6 Å². The van der Waals surface area contributed by atoms with Gasteiger partial charge in [-0.3, -0.25) is 4.79 Å². The summed E-state index contributed by atoms with van der Waals surface area (Å²) in [6.45, 7) is 4.91. The molecular weight excluding hydrogens is 280 g/mol. The number of ketones is 1. The van der Waals surface area contributed by atoms with E-state index in [1.165, 1.54) is 37.7 Å². The van der Waals surface area contributed by atoms with Gasteiger partial charge in [-0.05, 0) is 79.6 Å². The van der Waals surface area contributed by atoms with Crippen LogP contribution in [0.4, 0.5) is 0 Å². The molecule has 4 rings (SSSR count). The molecule has 0 saturated heterocycles. The Labute approximate surface area is 133 Å². The first-order valence-electron chi connectivity index (χ1n) is 8.83. The van der Waals surface area contributed by atoms with E-state index in [1.807, 2.05) is 6.08 Å². The number of allylic oxidation sites excluding steroid dienone is 1. The first kappa shape index (κ1) is 14.3. The van der Waals surface area contributed by atoms with Crippen molar-refractivity contribution in [3.8, 4) is 0 Å². The Morgan fingerprint density at radius 2 is 1.86 bits per heavy atom. The van der Waals surface area contributed by atoms with Crippen molar-refractivity contribution < 1.29 is 4.79 Å². The topological polar surface area (TPSA) is 17.1 Å². The minimum absolute atomic E-state index is 0.308. The number of hydrogen-bond acceptors (Lipinski definition) is 1. The van der Waals surface area contributed by atoms with Gasteiger partial charge in [0, 0.05) is 11.8 Å². The molecule has 2 heteroatoms. The second-order valence-corrected chi connectivity index (χ2v) is 9.09. The summed E-state index contributed by atoms with van der Waals surface area (Å²) < 4.78 is 0. The minimum Gasteiger partial charge on any atom is -0.295 e. The van der Waals surface area contributed by atoms with E-state index in [9.17, 15) is 4.79 Å². The molecule has 0 aromatic heterocycles. The zero-order valence-corrected chi connectivity index (χ0v) is 14.1. The SMILES string of the molecule is C[C@]12CC[C@H]3[C@@H](CCC4=CC(=O)CC[C@@]43C)[C@@H]1CC[C@H]2Cl. The Morgan fingerprint density at radius 3 is 2.67 bits per heavy atom. The fourth-order valence-corrected chi connectivity index (χ4v) is 6.89. The number of fused-ring (bicyclic) bond motifs is 5. The second-order valence-electron chi connectivity index (χ2n) is 8.56. The van der Waals surface area contributed by atoms with Gasteiger partial charge in [-0.25, -0.2) is 0 Å². The average molecular weight is 307 g/mol. The van der Waals surface area contributed by atoms with Gasteiger partial charge in [0.25, 0.3) is 0 Å². The molecule has 4 aliphatic rings. The van der Waals surface area contributed by atoms with Crippen molar-refractivity contribution in [2.75, 3.05) is 0 Å². The third-order valence-electron chi connectivity index (χ3n) is 7.85. The van der Waals surface area contributed by atoms with Crippen LogP contribution in [0.25, 0.3) is 0 Å². The first-order valence-corrected chi connectivity index (χ1v) is 9.27. The molecule has 0 radical (unpaired) electrons. The van der Waals surface area contributed by atoms with Crippen LogP contribution in [0, 0.1) is 28.6 Å². The summed E-state index contributed by atoms with van der Waals surface area (Å²) in [4.78, 5) is 11.8. The molecule has 21 heavy (non-hydrogen) atoms. The number of rotatable bonds is 0. The fraction of sp³-hybridized carbons (Fsp3) is 0.842.